The lowest BCUT2D eigenvalue weighted by molar-refractivity contribution is -0.120. The molecule has 0 unspecified atom stereocenters. The Morgan fingerprint density at radius 1 is 1.33 bits per heavy atom. The molecule has 0 spiro atoms. The van der Waals surface area contributed by atoms with Gasteiger partial charge in [0.15, 0.2) is 0 Å². The molecule has 5 heteroatoms. The third-order valence-electron chi connectivity index (χ3n) is 3.24. The van der Waals surface area contributed by atoms with Crippen molar-refractivity contribution in [1.82, 2.24) is 9.88 Å². The van der Waals surface area contributed by atoms with Gasteiger partial charge in [0.05, 0.1) is 18.9 Å². The maximum absolute atomic E-state index is 12.1. The smallest absolute Gasteiger partial charge is 0.233 e. The summed E-state index contributed by atoms with van der Waals surface area (Å²) in [6.45, 7) is 2.46. The number of nitrogens with zero attached hydrogens (tertiary/aromatic N) is 1. The van der Waals surface area contributed by atoms with E-state index in [2.05, 4.69) is 5.32 Å². The van der Waals surface area contributed by atoms with E-state index in [-0.39, 0.29) is 11.2 Å². The molecule has 0 aliphatic heterocycles. The largest absolute Gasteiger partial charge is 0.497 e. The Bertz CT molecular complexity index is 593. The van der Waals surface area contributed by atoms with Gasteiger partial charge in [0.1, 0.15) is 5.75 Å². The van der Waals surface area contributed by atoms with E-state index >= 15 is 0 Å². The molecular formula is C16H20N2O2S. The molecule has 21 heavy (non-hydrogen) atoms. The molecule has 0 saturated carbocycles. The molecule has 0 aliphatic rings. The predicted molar refractivity (Wildman–Crippen MR) is 85.6 cm³/mol. The number of carbonyl (C=O) groups excluding carboxylic acids is 1. The van der Waals surface area contributed by atoms with Crippen LogP contribution in [-0.4, -0.2) is 22.8 Å². The third kappa shape index (κ3) is 4.29. The summed E-state index contributed by atoms with van der Waals surface area (Å²) in [4.78, 5) is 13.2. The van der Waals surface area contributed by atoms with Crippen molar-refractivity contribution < 1.29 is 9.53 Å². The third-order valence-corrected chi connectivity index (χ3v) is 4.35. The first-order valence-electron chi connectivity index (χ1n) is 6.79. The minimum atomic E-state index is -0.140. The van der Waals surface area contributed by atoms with Crippen LogP contribution in [0.15, 0.2) is 47.5 Å². The zero-order valence-corrected chi connectivity index (χ0v) is 13.3. The minimum absolute atomic E-state index is 0.0389. The molecule has 0 saturated heterocycles. The lowest BCUT2D eigenvalue weighted by Crippen LogP contribution is -2.30. The number of hydrogen-bond acceptors (Lipinski definition) is 3. The zero-order valence-electron chi connectivity index (χ0n) is 12.5. The van der Waals surface area contributed by atoms with Crippen molar-refractivity contribution in [1.29, 1.82) is 0 Å². The molecule has 4 nitrogen and oxygen atoms in total. The second-order valence-electron chi connectivity index (χ2n) is 4.76. The molecule has 1 N–H and O–H groups in total. The van der Waals surface area contributed by atoms with Crippen LogP contribution in [-0.2, 0) is 18.4 Å². The van der Waals surface area contributed by atoms with Gasteiger partial charge in [-0.2, -0.15) is 0 Å². The highest BCUT2D eigenvalue weighted by Gasteiger charge is 2.14. The van der Waals surface area contributed by atoms with Gasteiger partial charge in [-0.25, -0.2) is 0 Å². The highest BCUT2D eigenvalue weighted by atomic mass is 32.2. The first kappa shape index (κ1) is 15.5. The van der Waals surface area contributed by atoms with Crippen LogP contribution in [0.25, 0.3) is 0 Å². The Morgan fingerprint density at radius 3 is 2.62 bits per heavy atom. The molecule has 0 radical (unpaired) electrons. The van der Waals surface area contributed by atoms with Crippen molar-refractivity contribution in [2.45, 2.75) is 23.6 Å². The predicted octanol–water partition coefficient (Wildman–Crippen LogP) is 2.83. The number of methoxy groups -OCH3 is 1. The van der Waals surface area contributed by atoms with Crippen molar-refractivity contribution in [2.24, 2.45) is 7.05 Å². The quantitative estimate of drug-likeness (QED) is 0.835. The van der Waals surface area contributed by atoms with Gasteiger partial charge < -0.3 is 14.6 Å². The monoisotopic (exact) mass is 304 g/mol. The number of nitrogens with one attached hydrogen (secondary N) is 1. The Labute approximate surface area is 129 Å². The number of benzene rings is 1. The van der Waals surface area contributed by atoms with Crippen LogP contribution in [0.5, 0.6) is 5.75 Å². The van der Waals surface area contributed by atoms with Crippen molar-refractivity contribution in [2.75, 3.05) is 7.11 Å². The summed E-state index contributed by atoms with van der Waals surface area (Å²) < 4.78 is 7.12. The van der Waals surface area contributed by atoms with Crippen LogP contribution < -0.4 is 10.1 Å². The molecule has 112 valence electrons. The van der Waals surface area contributed by atoms with E-state index in [0.29, 0.717) is 6.54 Å². The molecule has 1 atom stereocenters. The first-order valence-corrected chi connectivity index (χ1v) is 7.66. The fraction of sp³-hybridized carbons (Fsp3) is 0.312. The number of aromatic nitrogens is 1. The summed E-state index contributed by atoms with van der Waals surface area (Å²) in [5.41, 5.74) is 1.09. The summed E-state index contributed by atoms with van der Waals surface area (Å²) in [7, 11) is 3.61. The Kier molecular flexibility index (Phi) is 5.33. The second-order valence-corrected chi connectivity index (χ2v) is 6.18. The number of carbonyl (C=O) groups is 1. The molecular weight excluding hydrogens is 284 g/mol. The van der Waals surface area contributed by atoms with Crippen molar-refractivity contribution >= 4 is 17.7 Å². The Morgan fingerprint density at radius 2 is 2.05 bits per heavy atom. The number of aryl methyl sites for hydroxylation is 1. The van der Waals surface area contributed by atoms with Gasteiger partial charge in [-0.1, -0.05) is 0 Å². The molecule has 2 aromatic rings. The molecule has 0 aliphatic carbocycles. The molecule has 2 rings (SSSR count). The molecule has 0 fully saturated rings. The van der Waals surface area contributed by atoms with Gasteiger partial charge in [-0.05, 0) is 43.3 Å². The summed E-state index contributed by atoms with van der Waals surface area (Å²) in [6, 6.07) is 11.7. The van der Waals surface area contributed by atoms with E-state index in [4.69, 9.17) is 4.74 Å². The second kappa shape index (κ2) is 7.22. The number of rotatable bonds is 6. The van der Waals surface area contributed by atoms with Crippen LogP contribution in [0.3, 0.4) is 0 Å². The van der Waals surface area contributed by atoms with E-state index in [0.717, 1.165) is 16.3 Å². The lowest BCUT2D eigenvalue weighted by atomic mass is 10.3. The molecule has 1 heterocycles. The van der Waals surface area contributed by atoms with Gasteiger partial charge in [0, 0.05) is 23.8 Å². The van der Waals surface area contributed by atoms with Crippen molar-refractivity contribution in [3.8, 4) is 5.75 Å². The van der Waals surface area contributed by atoms with Gasteiger partial charge in [-0.3, -0.25) is 4.79 Å². The Hall–Kier alpha value is -1.88. The molecule has 1 amide bonds. The first-order chi connectivity index (χ1) is 10.1. The normalized spacial score (nSPS) is 12.0. The van der Waals surface area contributed by atoms with Crippen LogP contribution >= 0.6 is 11.8 Å². The van der Waals surface area contributed by atoms with Crippen molar-refractivity contribution in [3.05, 3.63) is 48.3 Å². The van der Waals surface area contributed by atoms with Gasteiger partial charge >= 0.3 is 0 Å². The fourth-order valence-corrected chi connectivity index (χ4v) is 2.81. The topological polar surface area (TPSA) is 43.3 Å². The lowest BCUT2D eigenvalue weighted by Gasteiger charge is -2.12. The number of thioether (sulfide) groups is 1. The van der Waals surface area contributed by atoms with E-state index in [9.17, 15) is 4.79 Å². The molecule has 1 aromatic carbocycles. The van der Waals surface area contributed by atoms with Gasteiger partial charge in [0.25, 0.3) is 0 Å². The van der Waals surface area contributed by atoms with E-state index in [1.807, 2.05) is 61.1 Å². The Balaban J connectivity index is 1.85. The van der Waals surface area contributed by atoms with Crippen LogP contribution in [0.4, 0.5) is 0 Å². The molecule has 0 bridgehead atoms. The van der Waals surface area contributed by atoms with Crippen LogP contribution in [0, 0.1) is 0 Å². The zero-order chi connectivity index (χ0) is 15.2. The average molecular weight is 304 g/mol. The maximum Gasteiger partial charge on any atom is 0.233 e. The SMILES string of the molecule is COc1ccc(S[C@H](C)C(=O)NCc2cccn2C)cc1. The summed E-state index contributed by atoms with van der Waals surface area (Å²) >= 11 is 1.54. The summed E-state index contributed by atoms with van der Waals surface area (Å²) in [6.07, 6.45) is 1.97. The van der Waals surface area contributed by atoms with Gasteiger partial charge in [0.2, 0.25) is 5.91 Å². The van der Waals surface area contributed by atoms with E-state index in [1.54, 1.807) is 7.11 Å². The highest BCUT2D eigenvalue weighted by Crippen LogP contribution is 2.25. The summed E-state index contributed by atoms with van der Waals surface area (Å²) in [5, 5.41) is 2.82. The molecule has 1 aromatic heterocycles. The van der Waals surface area contributed by atoms with Crippen LogP contribution in [0.2, 0.25) is 0 Å². The van der Waals surface area contributed by atoms with E-state index in [1.165, 1.54) is 11.8 Å². The number of amides is 1. The standard InChI is InChI=1S/C16H20N2O2S/c1-12(21-15-8-6-14(20-3)7-9-15)16(19)17-11-13-5-4-10-18(13)2/h4-10,12H,11H2,1-3H3,(H,17,19)/t12-/m1/s1. The van der Waals surface area contributed by atoms with Crippen molar-refractivity contribution in [3.63, 3.8) is 0 Å². The minimum Gasteiger partial charge on any atom is -0.497 e. The highest BCUT2D eigenvalue weighted by molar-refractivity contribution is 8.00. The average Bonchev–Trinajstić information content (AvgIpc) is 2.90. The van der Waals surface area contributed by atoms with Gasteiger partial charge in [-0.15, -0.1) is 11.8 Å². The summed E-state index contributed by atoms with van der Waals surface area (Å²) in [5.74, 6) is 0.859. The fourth-order valence-electron chi connectivity index (χ4n) is 1.91. The van der Waals surface area contributed by atoms with Crippen LogP contribution in [0.1, 0.15) is 12.6 Å². The maximum atomic E-state index is 12.1. The number of ether oxygens (including phenoxy) is 1. The number of hydrogen-bond donors (Lipinski definition) is 1. The van der Waals surface area contributed by atoms with E-state index < -0.39 is 0 Å².